The van der Waals surface area contributed by atoms with E-state index in [4.69, 9.17) is 23.2 Å². The average molecular weight is 429 g/mol. The fourth-order valence-electron chi connectivity index (χ4n) is 4.86. The second kappa shape index (κ2) is 7.51. The Kier molecular flexibility index (Phi) is 5.18. The maximum absolute atomic E-state index is 13.6. The third-order valence-electron chi connectivity index (χ3n) is 5.98. The van der Waals surface area contributed by atoms with Gasteiger partial charge in [0, 0.05) is 28.1 Å². The van der Waals surface area contributed by atoms with E-state index in [9.17, 15) is 9.59 Å². The van der Waals surface area contributed by atoms with E-state index >= 15 is 0 Å². The molecule has 2 aliphatic rings. The third kappa shape index (κ3) is 3.15. The van der Waals surface area contributed by atoms with Crippen LogP contribution in [-0.4, -0.2) is 17.9 Å². The predicted molar refractivity (Wildman–Crippen MR) is 117 cm³/mol. The first-order valence-electron chi connectivity index (χ1n) is 9.70. The van der Waals surface area contributed by atoms with E-state index in [1.54, 1.807) is 18.2 Å². The highest BCUT2D eigenvalue weighted by Gasteiger charge is 2.61. The van der Waals surface area contributed by atoms with Gasteiger partial charge in [0.05, 0.1) is 6.04 Å². The fourth-order valence-corrected chi connectivity index (χ4v) is 5.23. The Morgan fingerprint density at radius 3 is 2.66 bits per heavy atom. The summed E-state index contributed by atoms with van der Waals surface area (Å²) in [5, 5.41) is 7.25. The zero-order valence-corrected chi connectivity index (χ0v) is 17.8. The first kappa shape index (κ1) is 20.0. The molecule has 29 heavy (non-hydrogen) atoms. The van der Waals surface area contributed by atoms with Gasteiger partial charge in [-0.05, 0) is 48.7 Å². The number of anilines is 1. The van der Waals surface area contributed by atoms with Gasteiger partial charge in [-0.25, -0.2) is 0 Å². The van der Waals surface area contributed by atoms with Crippen molar-refractivity contribution in [1.82, 2.24) is 5.32 Å². The zero-order chi connectivity index (χ0) is 20.8. The van der Waals surface area contributed by atoms with Crippen LogP contribution in [0.3, 0.4) is 0 Å². The molecular formula is C23H22Cl2N2O2. The van der Waals surface area contributed by atoms with E-state index in [0.717, 1.165) is 23.1 Å². The summed E-state index contributed by atoms with van der Waals surface area (Å²) in [6.45, 7) is 4.01. The molecule has 150 valence electrons. The molecule has 1 fully saturated rings. The van der Waals surface area contributed by atoms with E-state index in [2.05, 4.69) is 16.7 Å². The Hall–Kier alpha value is -2.30. The summed E-state index contributed by atoms with van der Waals surface area (Å²) in [5.41, 5.74) is 2.41. The summed E-state index contributed by atoms with van der Waals surface area (Å²) in [6.07, 6.45) is 3.07. The molecule has 0 radical (unpaired) electrons. The van der Waals surface area contributed by atoms with Crippen molar-refractivity contribution in [3.05, 3.63) is 75.3 Å². The van der Waals surface area contributed by atoms with Crippen LogP contribution < -0.4 is 10.6 Å². The number of amides is 2. The summed E-state index contributed by atoms with van der Waals surface area (Å²) in [7, 11) is 0. The number of nitrogens with one attached hydrogen (secondary N) is 2. The van der Waals surface area contributed by atoms with Crippen molar-refractivity contribution in [3.8, 4) is 0 Å². The SMILES string of the molecule is CCC=C(C)[C@H]1NC(=O)C[C@@H](c2cccc(Cl)c2)[C@]12C(=O)Nc1cc(Cl)ccc12. The molecule has 0 saturated carbocycles. The van der Waals surface area contributed by atoms with Crippen LogP contribution in [0.4, 0.5) is 5.69 Å². The quantitative estimate of drug-likeness (QED) is 0.658. The maximum atomic E-state index is 13.6. The standard InChI is InChI=1S/C23H22Cl2N2O2/c1-3-5-13(2)21-23(17-9-8-16(25)11-19(17)26-22(23)29)18(12-20(28)27-21)14-6-4-7-15(24)10-14/h4-11,18,21H,3,12H2,1-2H3,(H,26,29)(H,27,28)/t18-,21+,23-/m0/s1. The van der Waals surface area contributed by atoms with Crippen LogP contribution >= 0.6 is 23.2 Å². The first-order chi connectivity index (χ1) is 13.9. The van der Waals surface area contributed by atoms with E-state index < -0.39 is 11.5 Å². The molecule has 4 nitrogen and oxygen atoms in total. The van der Waals surface area contributed by atoms with Gasteiger partial charge in [-0.15, -0.1) is 0 Å². The summed E-state index contributed by atoms with van der Waals surface area (Å²) in [5.74, 6) is -0.569. The second-order valence-corrected chi connectivity index (χ2v) is 8.55. The molecule has 4 rings (SSSR count). The molecule has 2 amide bonds. The van der Waals surface area contributed by atoms with Gasteiger partial charge in [-0.2, -0.15) is 0 Å². The fraction of sp³-hybridized carbons (Fsp3) is 0.304. The van der Waals surface area contributed by atoms with Gasteiger partial charge >= 0.3 is 0 Å². The zero-order valence-electron chi connectivity index (χ0n) is 16.3. The molecular weight excluding hydrogens is 407 g/mol. The number of hydrogen-bond acceptors (Lipinski definition) is 2. The number of benzene rings is 2. The molecule has 6 heteroatoms. The van der Waals surface area contributed by atoms with Crippen LogP contribution in [0.25, 0.3) is 0 Å². The van der Waals surface area contributed by atoms with Crippen LogP contribution in [0.2, 0.25) is 10.0 Å². The van der Waals surface area contributed by atoms with Crippen molar-refractivity contribution in [2.75, 3.05) is 5.32 Å². The van der Waals surface area contributed by atoms with Crippen molar-refractivity contribution in [2.45, 2.75) is 44.1 Å². The lowest BCUT2D eigenvalue weighted by Crippen LogP contribution is -2.62. The lowest BCUT2D eigenvalue weighted by molar-refractivity contribution is -0.130. The number of rotatable bonds is 3. The van der Waals surface area contributed by atoms with Gasteiger partial charge in [-0.3, -0.25) is 9.59 Å². The molecule has 0 bridgehead atoms. The molecule has 2 aromatic carbocycles. The normalized spacial score (nSPS) is 26.3. The number of allylic oxidation sites excluding steroid dienone is 1. The highest BCUT2D eigenvalue weighted by atomic mass is 35.5. The highest BCUT2D eigenvalue weighted by molar-refractivity contribution is 6.31. The second-order valence-electron chi connectivity index (χ2n) is 7.68. The van der Waals surface area contributed by atoms with E-state index in [0.29, 0.717) is 15.7 Å². The van der Waals surface area contributed by atoms with E-state index in [1.807, 2.05) is 38.1 Å². The monoisotopic (exact) mass is 428 g/mol. The molecule has 2 N–H and O–H groups in total. The molecule has 0 aromatic heterocycles. The summed E-state index contributed by atoms with van der Waals surface area (Å²) >= 11 is 12.5. The largest absolute Gasteiger partial charge is 0.348 e. The van der Waals surface area contributed by atoms with Crippen molar-refractivity contribution in [3.63, 3.8) is 0 Å². The summed E-state index contributed by atoms with van der Waals surface area (Å²) in [4.78, 5) is 26.4. The van der Waals surface area contributed by atoms with Crippen molar-refractivity contribution < 1.29 is 9.59 Å². The number of hydrogen-bond donors (Lipinski definition) is 2. The molecule has 2 heterocycles. The molecule has 2 aromatic rings. The minimum atomic E-state index is -0.978. The third-order valence-corrected chi connectivity index (χ3v) is 6.45. The maximum Gasteiger partial charge on any atom is 0.238 e. The number of carbonyl (C=O) groups is 2. The van der Waals surface area contributed by atoms with Crippen molar-refractivity contribution in [1.29, 1.82) is 0 Å². The number of piperidine rings is 1. The molecule has 2 aliphatic heterocycles. The van der Waals surface area contributed by atoms with Gasteiger partial charge in [0.25, 0.3) is 0 Å². The van der Waals surface area contributed by atoms with Gasteiger partial charge in [0.2, 0.25) is 11.8 Å². The highest BCUT2D eigenvalue weighted by Crippen LogP contribution is 2.54. The first-order valence-corrected chi connectivity index (χ1v) is 10.5. The number of carbonyl (C=O) groups excluding carboxylic acids is 2. The van der Waals surface area contributed by atoms with Gasteiger partial charge in [-0.1, -0.05) is 60.0 Å². The smallest absolute Gasteiger partial charge is 0.238 e. The minimum Gasteiger partial charge on any atom is -0.348 e. The summed E-state index contributed by atoms with van der Waals surface area (Å²) in [6, 6.07) is 12.4. The topological polar surface area (TPSA) is 58.2 Å². The van der Waals surface area contributed by atoms with Crippen LogP contribution in [0.5, 0.6) is 0 Å². The average Bonchev–Trinajstić information content (AvgIpc) is 2.95. The van der Waals surface area contributed by atoms with Crippen LogP contribution in [0.15, 0.2) is 54.1 Å². The molecule has 1 spiro atoms. The van der Waals surface area contributed by atoms with Crippen LogP contribution in [0, 0.1) is 0 Å². The van der Waals surface area contributed by atoms with Gasteiger partial charge in [0.1, 0.15) is 5.41 Å². The minimum absolute atomic E-state index is 0.0790. The molecule has 1 saturated heterocycles. The number of halogens is 2. The predicted octanol–water partition coefficient (Wildman–Crippen LogP) is 5.21. The van der Waals surface area contributed by atoms with Gasteiger partial charge in [0.15, 0.2) is 0 Å². The molecule has 3 atom stereocenters. The Labute approximate surface area is 180 Å². The Balaban J connectivity index is 2.01. The van der Waals surface area contributed by atoms with Crippen LogP contribution in [0.1, 0.15) is 43.7 Å². The van der Waals surface area contributed by atoms with Crippen LogP contribution in [-0.2, 0) is 15.0 Å². The Bertz CT molecular complexity index is 1030. The number of fused-ring (bicyclic) bond motifs is 2. The van der Waals surface area contributed by atoms with E-state index in [1.165, 1.54) is 0 Å². The van der Waals surface area contributed by atoms with Crippen molar-refractivity contribution >= 4 is 40.7 Å². The molecule has 0 aliphatic carbocycles. The molecule has 0 unspecified atom stereocenters. The Morgan fingerprint density at radius 2 is 1.93 bits per heavy atom. The van der Waals surface area contributed by atoms with Gasteiger partial charge < -0.3 is 10.6 Å². The summed E-state index contributed by atoms with van der Waals surface area (Å²) < 4.78 is 0. The van der Waals surface area contributed by atoms with E-state index in [-0.39, 0.29) is 24.2 Å². The lowest BCUT2D eigenvalue weighted by Gasteiger charge is -2.46. The Morgan fingerprint density at radius 1 is 1.17 bits per heavy atom. The lowest BCUT2D eigenvalue weighted by atomic mass is 9.59. The van der Waals surface area contributed by atoms with Crippen molar-refractivity contribution in [2.24, 2.45) is 0 Å².